The van der Waals surface area contributed by atoms with E-state index in [-0.39, 0.29) is 5.75 Å². The molecule has 5 heteroatoms. The third kappa shape index (κ3) is 5.32. The average Bonchev–Trinajstić information content (AvgIpc) is 2.30. The number of rotatable bonds is 7. The molecule has 1 heterocycles. The number of hydrogen-bond donors (Lipinski definition) is 0. The van der Waals surface area contributed by atoms with Crippen LogP contribution in [0.1, 0.15) is 5.56 Å². The summed E-state index contributed by atoms with van der Waals surface area (Å²) in [7, 11) is -3.03. The number of nitrogens with zero attached hydrogens (tertiary/aromatic N) is 1. The Labute approximate surface area is 101 Å². The first kappa shape index (κ1) is 13.3. The third-order valence-electron chi connectivity index (χ3n) is 2.05. The fourth-order valence-electron chi connectivity index (χ4n) is 1.10. The minimum absolute atomic E-state index is 0.178. The van der Waals surface area contributed by atoms with E-state index in [0.29, 0.717) is 5.75 Å². The second-order valence-electron chi connectivity index (χ2n) is 3.25. The molecule has 0 amide bonds. The van der Waals surface area contributed by atoms with Crippen molar-refractivity contribution < 1.29 is 8.42 Å². The van der Waals surface area contributed by atoms with Crippen molar-refractivity contribution in [2.75, 3.05) is 17.3 Å². The van der Waals surface area contributed by atoms with Crippen molar-refractivity contribution in [3.05, 3.63) is 42.1 Å². The third-order valence-corrected chi connectivity index (χ3v) is 4.58. The van der Waals surface area contributed by atoms with Crippen LogP contribution < -0.4 is 0 Å². The number of aromatic nitrogens is 1. The lowest BCUT2D eigenvalue weighted by molar-refractivity contribution is 0.606. The van der Waals surface area contributed by atoms with Gasteiger partial charge in [-0.1, -0.05) is 6.58 Å². The lowest BCUT2D eigenvalue weighted by Gasteiger charge is -2.01. The molecule has 0 saturated carbocycles. The predicted octanol–water partition coefficient (Wildman–Crippen LogP) is 1.92. The molecule has 0 radical (unpaired) electrons. The maximum Gasteiger partial charge on any atom is 0.171 e. The summed E-state index contributed by atoms with van der Waals surface area (Å²) in [4.78, 5) is 3.94. The molecule has 0 unspecified atom stereocenters. The van der Waals surface area contributed by atoms with Crippen LogP contribution in [0.3, 0.4) is 0 Å². The number of hydrogen-bond acceptors (Lipinski definition) is 4. The van der Waals surface area contributed by atoms with Crippen molar-refractivity contribution in [1.82, 2.24) is 4.98 Å². The van der Waals surface area contributed by atoms with Crippen molar-refractivity contribution >= 4 is 21.6 Å². The zero-order valence-electron chi connectivity index (χ0n) is 9.00. The highest BCUT2D eigenvalue weighted by Crippen LogP contribution is 2.07. The fourth-order valence-corrected chi connectivity index (χ4v) is 3.25. The highest BCUT2D eigenvalue weighted by atomic mass is 32.2. The van der Waals surface area contributed by atoms with Gasteiger partial charge in [0.1, 0.15) is 0 Å². The Bertz CT molecular complexity index is 415. The van der Waals surface area contributed by atoms with Crippen LogP contribution in [0.2, 0.25) is 0 Å². The molecular weight excluding hydrogens is 242 g/mol. The van der Waals surface area contributed by atoms with Crippen molar-refractivity contribution in [3.8, 4) is 0 Å². The minimum atomic E-state index is -3.03. The van der Waals surface area contributed by atoms with E-state index in [0.717, 1.165) is 17.6 Å². The second kappa shape index (κ2) is 6.70. The van der Waals surface area contributed by atoms with Crippen LogP contribution in [-0.4, -0.2) is 30.7 Å². The Kier molecular flexibility index (Phi) is 5.55. The van der Waals surface area contributed by atoms with Gasteiger partial charge in [-0.2, -0.15) is 11.8 Å². The fraction of sp³-hybridized carbons (Fsp3) is 0.364. The van der Waals surface area contributed by atoms with Gasteiger partial charge >= 0.3 is 0 Å². The second-order valence-corrected chi connectivity index (χ2v) is 6.54. The smallest absolute Gasteiger partial charge is 0.171 e. The van der Waals surface area contributed by atoms with E-state index in [9.17, 15) is 8.42 Å². The van der Waals surface area contributed by atoms with Crippen molar-refractivity contribution in [3.63, 3.8) is 0 Å². The SMILES string of the molecule is C=CS(=O)(=O)CCSCCc1ccncc1. The molecule has 0 saturated heterocycles. The Balaban J connectivity index is 2.16. The Morgan fingerprint density at radius 3 is 2.62 bits per heavy atom. The summed E-state index contributed by atoms with van der Waals surface area (Å²) in [6.45, 7) is 3.27. The molecular formula is C11H15NO2S2. The van der Waals surface area contributed by atoms with E-state index in [1.54, 1.807) is 24.2 Å². The zero-order chi connectivity index (χ0) is 11.9. The van der Waals surface area contributed by atoms with E-state index in [4.69, 9.17) is 0 Å². The van der Waals surface area contributed by atoms with Crippen molar-refractivity contribution in [2.45, 2.75) is 6.42 Å². The molecule has 0 fully saturated rings. The molecule has 3 nitrogen and oxygen atoms in total. The Morgan fingerprint density at radius 2 is 2.00 bits per heavy atom. The van der Waals surface area contributed by atoms with Crippen molar-refractivity contribution in [2.24, 2.45) is 0 Å². The first-order valence-electron chi connectivity index (χ1n) is 4.96. The summed E-state index contributed by atoms with van der Waals surface area (Å²) in [5, 5.41) is 1.02. The first-order chi connectivity index (χ1) is 7.64. The number of aryl methyl sites for hydroxylation is 1. The Morgan fingerprint density at radius 1 is 1.31 bits per heavy atom. The average molecular weight is 257 g/mol. The number of sulfone groups is 1. The molecule has 0 N–H and O–H groups in total. The number of pyridine rings is 1. The summed E-state index contributed by atoms with van der Waals surface area (Å²) >= 11 is 1.64. The van der Waals surface area contributed by atoms with Gasteiger partial charge in [0, 0.05) is 23.6 Å². The van der Waals surface area contributed by atoms with Crippen LogP contribution >= 0.6 is 11.8 Å². The topological polar surface area (TPSA) is 47.0 Å². The standard InChI is InChI=1S/C11H15NO2S2/c1-2-16(13,14)10-9-15-8-5-11-3-6-12-7-4-11/h2-4,6-7H,1,5,8-10H2. The lowest BCUT2D eigenvalue weighted by atomic mass is 10.2. The summed E-state index contributed by atoms with van der Waals surface area (Å²) in [5.74, 6) is 1.73. The molecule has 0 aliphatic heterocycles. The van der Waals surface area contributed by atoms with E-state index in [1.165, 1.54) is 5.56 Å². The molecule has 1 rings (SSSR count). The molecule has 0 aliphatic carbocycles. The molecule has 0 bridgehead atoms. The van der Waals surface area contributed by atoms with Gasteiger partial charge in [0.15, 0.2) is 9.84 Å². The van der Waals surface area contributed by atoms with Crippen LogP contribution in [0, 0.1) is 0 Å². The maximum atomic E-state index is 11.1. The molecule has 0 aliphatic rings. The monoisotopic (exact) mass is 257 g/mol. The van der Waals surface area contributed by atoms with Gasteiger partial charge in [-0.15, -0.1) is 0 Å². The first-order valence-corrected chi connectivity index (χ1v) is 7.83. The van der Waals surface area contributed by atoms with E-state index >= 15 is 0 Å². The lowest BCUT2D eigenvalue weighted by Crippen LogP contribution is -2.04. The summed E-state index contributed by atoms with van der Waals surface area (Å²) in [6.07, 6.45) is 4.48. The van der Waals surface area contributed by atoms with Gasteiger partial charge in [0.05, 0.1) is 5.75 Å². The molecule has 0 aromatic carbocycles. The Hall–Kier alpha value is -0.810. The molecule has 88 valence electrons. The minimum Gasteiger partial charge on any atom is -0.265 e. The molecule has 16 heavy (non-hydrogen) atoms. The van der Waals surface area contributed by atoms with Crippen LogP contribution in [0.5, 0.6) is 0 Å². The predicted molar refractivity (Wildman–Crippen MR) is 69.2 cm³/mol. The normalized spacial score (nSPS) is 11.2. The van der Waals surface area contributed by atoms with Crippen LogP contribution in [0.15, 0.2) is 36.5 Å². The van der Waals surface area contributed by atoms with Gasteiger partial charge in [-0.05, 0) is 29.9 Å². The maximum absolute atomic E-state index is 11.1. The molecule has 1 aromatic rings. The largest absolute Gasteiger partial charge is 0.265 e. The van der Waals surface area contributed by atoms with Crippen LogP contribution in [0.25, 0.3) is 0 Å². The van der Waals surface area contributed by atoms with E-state index in [1.807, 2.05) is 12.1 Å². The van der Waals surface area contributed by atoms with Crippen LogP contribution in [0.4, 0.5) is 0 Å². The quantitative estimate of drug-likeness (QED) is 0.700. The van der Waals surface area contributed by atoms with Gasteiger partial charge in [0.25, 0.3) is 0 Å². The highest BCUT2D eigenvalue weighted by molar-refractivity contribution is 8.01. The highest BCUT2D eigenvalue weighted by Gasteiger charge is 2.03. The summed E-state index contributed by atoms with van der Waals surface area (Å²) in [5.41, 5.74) is 1.23. The molecule has 0 spiro atoms. The molecule has 1 aromatic heterocycles. The number of thioether (sulfide) groups is 1. The summed E-state index contributed by atoms with van der Waals surface area (Å²) < 4.78 is 22.2. The van der Waals surface area contributed by atoms with Gasteiger partial charge in [-0.3, -0.25) is 4.98 Å². The van der Waals surface area contributed by atoms with Crippen LogP contribution in [-0.2, 0) is 16.3 Å². The van der Waals surface area contributed by atoms with Gasteiger partial charge in [0.2, 0.25) is 0 Å². The van der Waals surface area contributed by atoms with E-state index < -0.39 is 9.84 Å². The van der Waals surface area contributed by atoms with Crippen molar-refractivity contribution in [1.29, 1.82) is 0 Å². The van der Waals surface area contributed by atoms with Gasteiger partial charge < -0.3 is 0 Å². The van der Waals surface area contributed by atoms with Gasteiger partial charge in [-0.25, -0.2) is 8.42 Å². The zero-order valence-corrected chi connectivity index (χ0v) is 10.6. The molecule has 0 atom stereocenters. The van der Waals surface area contributed by atoms with E-state index in [2.05, 4.69) is 11.6 Å². The summed E-state index contributed by atoms with van der Waals surface area (Å²) in [6, 6.07) is 3.95.